The minimum atomic E-state index is -0.136. The van der Waals surface area contributed by atoms with Gasteiger partial charge in [-0.25, -0.2) is 0 Å². The Labute approximate surface area is 162 Å². The van der Waals surface area contributed by atoms with Crippen molar-refractivity contribution in [3.63, 3.8) is 0 Å². The molecule has 0 atom stereocenters. The number of hydrogen-bond donors (Lipinski definition) is 1. The molecule has 1 aromatic carbocycles. The van der Waals surface area contributed by atoms with Crippen molar-refractivity contribution in [2.24, 2.45) is 0 Å². The van der Waals surface area contributed by atoms with Crippen molar-refractivity contribution in [1.82, 2.24) is 30.1 Å². The standard InChI is InChI=1S/C18H15BrN6O2/c1-11-21-18(27-24-11)13-5-6-15-22-23-16(25(15)10-13)8-17(26)20-9-12-3-2-4-14(19)7-12/h2-7,10H,8-9H2,1H3,(H,20,26). The maximum Gasteiger partial charge on any atom is 0.259 e. The summed E-state index contributed by atoms with van der Waals surface area (Å²) in [6.07, 6.45) is 1.90. The molecule has 0 unspecified atom stereocenters. The van der Waals surface area contributed by atoms with Gasteiger partial charge in [0, 0.05) is 17.2 Å². The topological polar surface area (TPSA) is 98.2 Å². The molecule has 4 rings (SSSR count). The molecule has 27 heavy (non-hydrogen) atoms. The zero-order valence-electron chi connectivity index (χ0n) is 14.4. The van der Waals surface area contributed by atoms with Crippen LogP contribution in [-0.2, 0) is 17.8 Å². The SMILES string of the molecule is Cc1noc(-c2ccc3nnc(CC(=O)NCc4cccc(Br)c4)n3c2)n1. The van der Waals surface area contributed by atoms with Crippen LogP contribution < -0.4 is 5.32 Å². The lowest BCUT2D eigenvalue weighted by atomic mass is 10.2. The van der Waals surface area contributed by atoms with Gasteiger partial charge in [0.1, 0.15) is 5.82 Å². The molecule has 8 nitrogen and oxygen atoms in total. The first-order valence-electron chi connectivity index (χ1n) is 8.24. The van der Waals surface area contributed by atoms with Gasteiger partial charge in [-0.15, -0.1) is 10.2 Å². The Morgan fingerprint density at radius 1 is 1.26 bits per heavy atom. The summed E-state index contributed by atoms with van der Waals surface area (Å²) in [5, 5.41) is 14.9. The van der Waals surface area contributed by atoms with Crippen molar-refractivity contribution in [3.05, 3.63) is 64.3 Å². The van der Waals surface area contributed by atoms with Crippen LogP contribution >= 0.6 is 15.9 Å². The van der Waals surface area contributed by atoms with Gasteiger partial charge in [0.15, 0.2) is 11.5 Å². The highest BCUT2D eigenvalue weighted by molar-refractivity contribution is 9.10. The van der Waals surface area contributed by atoms with Crippen LogP contribution in [0.5, 0.6) is 0 Å². The number of carbonyl (C=O) groups excluding carboxylic acids is 1. The highest BCUT2D eigenvalue weighted by Gasteiger charge is 2.13. The third-order valence-electron chi connectivity index (χ3n) is 3.94. The maximum atomic E-state index is 12.3. The second kappa shape index (κ2) is 7.28. The van der Waals surface area contributed by atoms with Gasteiger partial charge in [-0.2, -0.15) is 4.98 Å². The second-order valence-electron chi connectivity index (χ2n) is 5.99. The number of pyridine rings is 1. The fourth-order valence-electron chi connectivity index (χ4n) is 2.65. The summed E-state index contributed by atoms with van der Waals surface area (Å²) in [5.74, 6) is 1.37. The number of nitrogens with zero attached hydrogens (tertiary/aromatic N) is 5. The Balaban J connectivity index is 1.50. The van der Waals surface area contributed by atoms with Crippen LogP contribution in [0.1, 0.15) is 17.2 Å². The van der Waals surface area contributed by atoms with Gasteiger partial charge in [0.2, 0.25) is 5.91 Å². The molecule has 136 valence electrons. The van der Waals surface area contributed by atoms with Gasteiger partial charge in [0.25, 0.3) is 5.89 Å². The molecule has 0 aliphatic carbocycles. The summed E-state index contributed by atoms with van der Waals surface area (Å²) in [5.41, 5.74) is 2.39. The van der Waals surface area contributed by atoms with Crippen LogP contribution in [-0.4, -0.2) is 30.6 Å². The van der Waals surface area contributed by atoms with Crippen LogP contribution in [0, 0.1) is 6.92 Å². The molecule has 0 aliphatic heterocycles. The lowest BCUT2D eigenvalue weighted by Crippen LogP contribution is -2.25. The van der Waals surface area contributed by atoms with Gasteiger partial charge < -0.3 is 9.84 Å². The van der Waals surface area contributed by atoms with Crippen LogP contribution in [0.2, 0.25) is 0 Å². The Bertz CT molecular complexity index is 1120. The van der Waals surface area contributed by atoms with Crippen LogP contribution in [0.4, 0.5) is 0 Å². The van der Waals surface area contributed by atoms with Gasteiger partial charge in [0.05, 0.1) is 12.0 Å². The summed E-state index contributed by atoms with van der Waals surface area (Å²) in [6, 6.07) is 11.4. The Hall–Kier alpha value is -3.07. The van der Waals surface area contributed by atoms with Crippen molar-refractivity contribution in [1.29, 1.82) is 0 Å². The molecule has 1 N–H and O–H groups in total. The minimum Gasteiger partial charge on any atom is -0.352 e. The van der Waals surface area contributed by atoms with Crippen molar-refractivity contribution in [3.8, 4) is 11.5 Å². The maximum absolute atomic E-state index is 12.3. The summed E-state index contributed by atoms with van der Waals surface area (Å²) in [4.78, 5) is 16.5. The van der Waals surface area contributed by atoms with Gasteiger partial charge >= 0.3 is 0 Å². The number of benzene rings is 1. The first-order valence-corrected chi connectivity index (χ1v) is 9.03. The van der Waals surface area contributed by atoms with E-state index in [1.165, 1.54) is 0 Å². The van der Waals surface area contributed by atoms with Crippen LogP contribution in [0.25, 0.3) is 17.1 Å². The third kappa shape index (κ3) is 3.87. The third-order valence-corrected chi connectivity index (χ3v) is 4.44. The second-order valence-corrected chi connectivity index (χ2v) is 6.91. The molecule has 3 heterocycles. The van der Waals surface area contributed by atoms with E-state index in [2.05, 4.69) is 41.6 Å². The number of carbonyl (C=O) groups is 1. The highest BCUT2D eigenvalue weighted by Crippen LogP contribution is 2.18. The summed E-state index contributed by atoms with van der Waals surface area (Å²) in [7, 11) is 0. The average Bonchev–Trinajstić information content (AvgIpc) is 3.26. The lowest BCUT2D eigenvalue weighted by Gasteiger charge is -2.05. The van der Waals surface area contributed by atoms with E-state index in [1.807, 2.05) is 30.3 Å². The number of hydrogen-bond acceptors (Lipinski definition) is 6. The number of fused-ring (bicyclic) bond motifs is 1. The van der Waals surface area contributed by atoms with Gasteiger partial charge in [-0.05, 0) is 36.8 Å². The molecule has 0 fully saturated rings. The zero-order valence-corrected chi connectivity index (χ0v) is 16.0. The molecule has 0 aliphatic rings. The van der Waals surface area contributed by atoms with Crippen molar-refractivity contribution < 1.29 is 9.32 Å². The molecule has 0 saturated heterocycles. The molecule has 4 aromatic rings. The molecule has 1 amide bonds. The molecule has 0 spiro atoms. The number of halogens is 1. The molecule has 0 saturated carbocycles. The largest absolute Gasteiger partial charge is 0.352 e. The van der Waals surface area contributed by atoms with Gasteiger partial charge in [-0.3, -0.25) is 9.20 Å². The summed E-state index contributed by atoms with van der Waals surface area (Å²) >= 11 is 3.42. The predicted molar refractivity (Wildman–Crippen MR) is 101 cm³/mol. The number of aromatic nitrogens is 5. The van der Waals surface area contributed by atoms with Crippen molar-refractivity contribution in [2.45, 2.75) is 19.9 Å². The van der Waals surface area contributed by atoms with E-state index in [4.69, 9.17) is 4.52 Å². The molecule has 0 radical (unpaired) electrons. The van der Waals surface area contributed by atoms with Crippen LogP contribution in [0.3, 0.4) is 0 Å². The quantitative estimate of drug-likeness (QED) is 0.526. The monoisotopic (exact) mass is 426 g/mol. The number of amides is 1. The zero-order chi connectivity index (χ0) is 18.8. The Morgan fingerprint density at radius 3 is 2.93 bits per heavy atom. The lowest BCUT2D eigenvalue weighted by molar-refractivity contribution is -0.120. The number of aryl methyl sites for hydroxylation is 1. The summed E-state index contributed by atoms with van der Waals surface area (Å²) in [6.45, 7) is 2.20. The van der Waals surface area contributed by atoms with Gasteiger partial charge in [-0.1, -0.05) is 33.2 Å². The molecular weight excluding hydrogens is 412 g/mol. The molecule has 9 heteroatoms. The summed E-state index contributed by atoms with van der Waals surface area (Å²) < 4.78 is 7.93. The van der Waals surface area contributed by atoms with E-state index in [0.717, 1.165) is 15.6 Å². The van der Waals surface area contributed by atoms with Crippen molar-refractivity contribution in [2.75, 3.05) is 0 Å². The molecule has 3 aromatic heterocycles. The van der Waals surface area contributed by atoms with E-state index in [-0.39, 0.29) is 12.3 Å². The minimum absolute atomic E-state index is 0.113. The molecular formula is C18H15BrN6O2. The van der Waals surface area contributed by atoms with E-state index in [1.54, 1.807) is 23.6 Å². The number of nitrogens with one attached hydrogen (secondary N) is 1. The normalized spacial score (nSPS) is 11.0. The van der Waals surface area contributed by atoms with E-state index in [0.29, 0.717) is 29.7 Å². The Morgan fingerprint density at radius 2 is 2.15 bits per heavy atom. The first-order chi connectivity index (χ1) is 13.1. The fraction of sp³-hybridized carbons (Fsp3) is 0.167. The average molecular weight is 427 g/mol. The smallest absolute Gasteiger partial charge is 0.259 e. The van der Waals surface area contributed by atoms with E-state index in [9.17, 15) is 4.79 Å². The van der Waals surface area contributed by atoms with Crippen LogP contribution in [0.15, 0.2) is 51.6 Å². The van der Waals surface area contributed by atoms with E-state index < -0.39 is 0 Å². The Kier molecular flexibility index (Phi) is 4.68. The van der Waals surface area contributed by atoms with E-state index >= 15 is 0 Å². The molecule has 0 bridgehead atoms. The highest BCUT2D eigenvalue weighted by atomic mass is 79.9. The predicted octanol–water partition coefficient (Wildman–Crippen LogP) is 2.71. The van der Waals surface area contributed by atoms with Crippen molar-refractivity contribution >= 4 is 27.5 Å². The first kappa shape index (κ1) is 17.3. The number of rotatable bonds is 5. The fourth-order valence-corrected chi connectivity index (χ4v) is 3.10.